The zero-order valence-electron chi connectivity index (χ0n) is 17.2. The highest BCUT2D eigenvalue weighted by Gasteiger charge is 2.26. The lowest BCUT2D eigenvalue weighted by Crippen LogP contribution is -2.35. The van der Waals surface area contributed by atoms with Gasteiger partial charge in [0.15, 0.2) is 0 Å². The number of hydrogen-bond donors (Lipinski definition) is 1. The van der Waals surface area contributed by atoms with E-state index in [4.69, 9.17) is 4.74 Å². The third kappa shape index (κ3) is 4.10. The van der Waals surface area contributed by atoms with Crippen molar-refractivity contribution in [2.24, 2.45) is 0 Å². The first-order valence-corrected chi connectivity index (χ1v) is 11.0. The lowest BCUT2D eigenvalue weighted by Gasteiger charge is -2.28. The fourth-order valence-corrected chi connectivity index (χ4v) is 5.03. The van der Waals surface area contributed by atoms with Gasteiger partial charge in [-0.2, -0.15) is 5.26 Å². The van der Waals surface area contributed by atoms with Crippen molar-refractivity contribution in [1.29, 1.82) is 5.26 Å². The molecule has 0 radical (unpaired) electrons. The molecule has 2 aromatic carbocycles. The van der Waals surface area contributed by atoms with Gasteiger partial charge in [0.1, 0.15) is 5.75 Å². The largest absolute Gasteiger partial charge is 0.496 e. The normalized spacial score (nSPS) is 18.5. The Hall–Kier alpha value is -3.05. The Labute approximate surface area is 188 Å². The summed E-state index contributed by atoms with van der Waals surface area (Å²) in [5.74, 6) is 0.728. The van der Waals surface area contributed by atoms with E-state index < -0.39 is 0 Å². The monoisotopic (exact) mass is 482 g/mol. The van der Waals surface area contributed by atoms with Crippen LogP contribution in [0.4, 0.5) is 0 Å². The van der Waals surface area contributed by atoms with E-state index in [1.807, 2.05) is 28.8 Å². The molecule has 1 aliphatic carbocycles. The van der Waals surface area contributed by atoms with Gasteiger partial charge in [0.05, 0.1) is 40.8 Å². The Kier molecular flexibility index (Phi) is 6.14. The number of imidazole rings is 1. The Morgan fingerprint density at radius 1 is 1.19 bits per heavy atom. The molecule has 3 aromatic rings. The number of ether oxygens (including phenoxy) is 1. The molecule has 8 heteroatoms. The molecule has 0 aliphatic heterocycles. The van der Waals surface area contributed by atoms with Crippen LogP contribution in [0.3, 0.4) is 0 Å². The van der Waals surface area contributed by atoms with Gasteiger partial charge in [-0.3, -0.25) is 13.9 Å². The summed E-state index contributed by atoms with van der Waals surface area (Å²) in [5, 5.41) is 12.2. The van der Waals surface area contributed by atoms with Crippen LogP contribution in [-0.2, 0) is 11.3 Å². The van der Waals surface area contributed by atoms with Crippen molar-refractivity contribution >= 4 is 33.4 Å². The predicted molar refractivity (Wildman–Crippen MR) is 121 cm³/mol. The molecule has 1 saturated carbocycles. The van der Waals surface area contributed by atoms with Gasteiger partial charge >= 0.3 is 5.69 Å². The second-order valence-electron chi connectivity index (χ2n) is 7.81. The van der Waals surface area contributed by atoms with Gasteiger partial charge in [-0.1, -0.05) is 6.07 Å². The fraction of sp³-hybridized carbons (Fsp3) is 0.348. The first-order valence-electron chi connectivity index (χ1n) is 10.2. The first kappa shape index (κ1) is 21.2. The van der Waals surface area contributed by atoms with Crippen LogP contribution in [0, 0.1) is 11.3 Å². The zero-order valence-corrected chi connectivity index (χ0v) is 18.8. The Balaban J connectivity index is 1.76. The summed E-state index contributed by atoms with van der Waals surface area (Å²) in [5.41, 5.74) is 2.99. The molecule has 1 heterocycles. The number of carbonyl (C=O) groups excluding carboxylic acids is 1. The van der Waals surface area contributed by atoms with Gasteiger partial charge in [0.25, 0.3) is 0 Å². The first-order chi connectivity index (χ1) is 15.0. The van der Waals surface area contributed by atoms with Crippen molar-refractivity contribution in [3.63, 3.8) is 0 Å². The van der Waals surface area contributed by atoms with Crippen LogP contribution in [0.1, 0.15) is 42.9 Å². The number of halogens is 1. The summed E-state index contributed by atoms with van der Waals surface area (Å²) in [4.78, 5) is 24.3. The van der Waals surface area contributed by atoms with E-state index in [-0.39, 0.29) is 17.8 Å². The smallest absolute Gasteiger partial charge is 0.329 e. The maximum absolute atomic E-state index is 13.5. The van der Waals surface area contributed by atoms with Crippen LogP contribution >= 0.6 is 15.9 Å². The Bertz CT molecular complexity index is 1220. The standard InChI is InChI=1S/C23H23BrN4O3/c1-31-22-9-3-16(10-19(22)24)13-27-21-11-15(12-25)2-8-20(21)28(23(27)30)18-6-4-17(5-7-18)26-14-29/h2-3,8-11,14,17-18H,4-7,13H2,1H3,(H,26,29). The molecule has 7 nitrogen and oxygen atoms in total. The summed E-state index contributed by atoms with van der Waals surface area (Å²) in [6, 6.07) is 13.6. The SMILES string of the molecule is COc1ccc(Cn2c(=O)n(C3CCC(NC=O)CC3)c3ccc(C#N)cc32)cc1Br. The third-order valence-electron chi connectivity index (χ3n) is 6.01. The molecule has 1 N–H and O–H groups in total. The average Bonchev–Trinajstić information content (AvgIpc) is 3.05. The summed E-state index contributed by atoms with van der Waals surface area (Å²) in [6.45, 7) is 0.391. The number of hydrogen-bond acceptors (Lipinski definition) is 4. The molecule has 0 bridgehead atoms. The van der Waals surface area contributed by atoms with Crippen molar-refractivity contribution in [1.82, 2.24) is 14.5 Å². The van der Waals surface area contributed by atoms with E-state index in [0.717, 1.165) is 58.9 Å². The number of methoxy groups -OCH3 is 1. The average molecular weight is 483 g/mol. The van der Waals surface area contributed by atoms with Gasteiger partial charge in [0.2, 0.25) is 6.41 Å². The number of nitrogens with zero attached hydrogens (tertiary/aromatic N) is 3. The van der Waals surface area contributed by atoms with Gasteiger partial charge < -0.3 is 10.1 Å². The van der Waals surface area contributed by atoms with Crippen LogP contribution in [0.25, 0.3) is 11.0 Å². The Morgan fingerprint density at radius 3 is 2.61 bits per heavy atom. The fourth-order valence-electron chi connectivity index (χ4n) is 4.44. The summed E-state index contributed by atoms with van der Waals surface area (Å²) in [6.07, 6.45) is 4.06. The lowest BCUT2D eigenvalue weighted by molar-refractivity contribution is -0.110. The van der Waals surface area contributed by atoms with E-state index in [0.29, 0.717) is 12.1 Å². The quantitative estimate of drug-likeness (QED) is 0.542. The number of amides is 1. The van der Waals surface area contributed by atoms with Crippen molar-refractivity contribution < 1.29 is 9.53 Å². The highest BCUT2D eigenvalue weighted by molar-refractivity contribution is 9.10. The molecule has 4 rings (SSSR count). The van der Waals surface area contributed by atoms with Gasteiger partial charge in [0, 0.05) is 12.1 Å². The topological polar surface area (TPSA) is 89.0 Å². The minimum atomic E-state index is -0.0798. The number of benzene rings is 2. The molecular weight excluding hydrogens is 460 g/mol. The Morgan fingerprint density at radius 2 is 1.97 bits per heavy atom. The number of nitrogens with one attached hydrogen (secondary N) is 1. The van der Waals surface area contributed by atoms with Crippen LogP contribution < -0.4 is 15.7 Å². The maximum Gasteiger partial charge on any atom is 0.329 e. The summed E-state index contributed by atoms with van der Waals surface area (Å²) < 4.78 is 9.73. The third-order valence-corrected chi connectivity index (χ3v) is 6.63. The molecular formula is C23H23BrN4O3. The molecule has 0 saturated heterocycles. The highest BCUT2D eigenvalue weighted by atomic mass is 79.9. The predicted octanol–water partition coefficient (Wildman–Crippen LogP) is 3.72. The van der Waals surface area contributed by atoms with Gasteiger partial charge in [-0.05, 0) is 77.5 Å². The summed E-state index contributed by atoms with van der Waals surface area (Å²) in [7, 11) is 1.61. The molecule has 31 heavy (non-hydrogen) atoms. The molecule has 1 aromatic heterocycles. The van der Waals surface area contributed by atoms with Crippen molar-refractivity contribution in [3.05, 3.63) is 62.5 Å². The van der Waals surface area contributed by atoms with Crippen LogP contribution in [-0.4, -0.2) is 28.7 Å². The molecule has 0 spiro atoms. The molecule has 160 valence electrons. The number of aromatic nitrogens is 2. The van der Waals surface area contributed by atoms with E-state index in [1.54, 1.807) is 23.8 Å². The molecule has 0 atom stereocenters. The van der Waals surface area contributed by atoms with Crippen LogP contribution in [0.2, 0.25) is 0 Å². The lowest BCUT2D eigenvalue weighted by atomic mass is 9.91. The van der Waals surface area contributed by atoms with E-state index in [1.165, 1.54) is 0 Å². The van der Waals surface area contributed by atoms with Crippen molar-refractivity contribution in [3.8, 4) is 11.8 Å². The van der Waals surface area contributed by atoms with Gasteiger partial charge in [-0.15, -0.1) is 0 Å². The van der Waals surface area contributed by atoms with Crippen LogP contribution in [0.15, 0.2) is 45.7 Å². The molecule has 1 aliphatic rings. The minimum Gasteiger partial charge on any atom is -0.496 e. The second kappa shape index (κ2) is 8.98. The number of fused-ring (bicyclic) bond motifs is 1. The summed E-state index contributed by atoms with van der Waals surface area (Å²) >= 11 is 3.51. The van der Waals surface area contributed by atoms with Crippen molar-refractivity contribution in [2.75, 3.05) is 7.11 Å². The molecule has 1 amide bonds. The minimum absolute atomic E-state index is 0.0662. The number of nitriles is 1. The maximum atomic E-state index is 13.5. The van der Waals surface area contributed by atoms with E-state index in [9.17, 15) is 14.9 Å². The molecule has 0 unspecified atom stereocenters. The zero-order chi connectivity index (χ0) is 22.0. The van der Waals surface area contributed by atoms with Crippen molar-refractivity contribution in [2.45, 2.75) is 44.3 Å². The highest BCUT2D eigenvalue weighted by Crippen LogP contribution is 2.31. The second-order valence-corrected chi connectivity index (χ2v) is 8.67. The van der Waals surface area contributed by atoms with E-state index >= 15 is 0 Å². The van der Waals surface area contributed by atoms with Gasteiger partial charge in [-0.25, -0.2) is 4.79 Å². The van der Waals surface area contributed by atoms with Crippen LogP contribution in [0.5, 0.6) is 5.75 Å². The number of rotatable bonds is 6. The molecule has 1 fully saturated rings. The van der Waals surface area contributed by atoms with E-state index in [2.05, 4.69) is 27.3 Å². The number of carbonyl (C=O) groups is 1.